The molecule has 172 valence electrons. The molecular weight excluding hydrogens is 453 g/mol. The predicted octanol–water partition coefficient (Wildman–Crippen LogP) is 3.91. The second kappa shape index (κ2) is 8.70. The van der Waals surface area contributed by atoms with Crippen molar-refractivity contribution in [1.82, 2.24) is 19.9 Å². The fourth-order valence-corrected chi connectivity index (χ4v) is 4.70. The van der Waals surface area contributed by atoms with Crippen molar-refractivity contribution in [2.24, 2.45) is 4.99 Å². The van der Waals surface area contributed by atoms with E-state index in [1.165, 1.54) is 0 Å². The van der Waals surface area contributed by atoms with E-state index in [1.54, 1.807) is 18.3 Å². The standard InChI is InChI=1S/C25H23ClFN7/c26-18-3-1-16(2-4-18)20-13-17-15-30-25(32-23(17)34-12-9-29-24(20)34)31-22-6-5-19(14-21(22)27)33-10-7-28-8-11-33/h1-6,13-15,28-29H,7-12H2. The highest BCUT2D eigenvalue weighted by Crippen LogP contribution is 2.36. The second-order valence-electron chi connectivity index (χ2n) is 8.43. The van der Waals surface area contributed by atoms with Crippen molar-refractivity contribution in [2.45, 2.75) is 6.54 Å². The van der Waals surface area contributed by atoms with E-state index in [0.717, 1.165) is 73.3 Å². The van der Waals surface area contributed by atoms with Gasteiger partial charge in [-0.25, -0.2) is 14.4 Å². The summed E-state index contributed by atoms with van der Waals surface area (Å²) in [6.07, 6.45) is 1.75. The molecule has 0 aliphatic carbocycles. The van der Waals surface area contributed by atoms with Crippen LogP contribution >= 0.6 is 11.6 Å². The molecular formula is C25H23ClFN7. The number of pyridine rings is 1. The molecule has 1 saturated heterocycles. The van der Waals surface area contributed by atoms with E-state index in [1.807, 2.05) is 30.3 Å². The van der Waals surface area contributed by atoms with Gasteiger partial charge in [-0.15, -0.1) is 0 Å². The summed E-state index contributed by atoms with van der Waals surface area (Å²) in [5, 5.41) is 7.47. The third kappa shape index (κ3) is 3.89. The molecule has 0 unspecified atom stereocenters. The minimum atomic E-state index is -0.377. The van der Waals surface area contributed by atoms with Crippen molar-refractivity contribution >= 4 is 28.8 Å². The van der Waals surface area contributed by atoms with Gasteiger partial charge in [0, 0.05) is 67.3 Å². The van der Waals surface area contributed by atoms with Gasteiger partial charge in [0.1, 0.15) is 17.3 Å². The lowest BCUT2D eigenvalue weighted by Crippen LogP contribution is -2.43. The fourth-order valence-electron chi connectivity index (χ4n) is 4.58. The van der Waals surface area contributed by atoms with Crippen molar-refractivity contribution in [2.75, 3.05) is 42.9 Å². The first-order chi connectivity index (χ1) is 16.7. The van der Waals surface area contributed by atoms with Crippen LogP contribution in [-0.4, -0.2) is 47.3 Å². The number of nitrogens with one attached hydrogen (secondary N) is 2. The number of benzene rings is 2. The first-order valence-electron chi connectivity index (χ1n) is 11.4. The summed E-state index contributed by atoms with van der Waals surface area (Å²) < 4.78 is 17.0. The van der Waals surface area contributed by atoms with E-state index in [4.69, 9.17) is 11.6 Å². The van der Waals surface area contributed by atoms with Gasteiger partial charge in [0.05, 0.1) is 0 Å². The summed E-state index contributed by atoms with van der Waals surface area (Å²) in [5.41, 5.74) is 4.35. The van der Waals surface area contributed by atoms with Gasteiger partial charge in [-0.3, -0.25) is 0 Å². The zero-order valence-electron chi connectivity index (χ0n) is 18.4. The molecule has 34 heavy (non-hydrogen) atoms. The monoisotopic (exact) mass is 475 g/mol. The predicted molar refractivity (Wildman–Crippen MR) is 132 cm³/mol. The molecule has 2 aromatic rings. The van der Waals surface area contributed by atoms with Crippen LogP contribution in [-0.2, 0) is 6.54 Å². The van der Waals surface area contributed by atoms with Crippen molar-refractivity contribution in [3.63, 3.8) is 0 Å². The maximum Gasteiger partial charge on any atom is 0.251 e. The number of halogens is 2. The number of hydrogen-bond donors (Lipinski definition) is 2. The lowest BCUT2D eigenvalue weighted by molar-refractivity contribution is 0.585. The maximum atomic E-state index is 14.9. The number of anilines is 2. The van der Waals surface area contributed by atoms with Crippen LogP contribution in [0.4, 0.5) is 21.6 Å². The van der Waals surface area contributed by atoms with Crippen LogP contribution in [0.3, 0.4) is 0 Å². The van der Waals surface area contributed by atoms with Gasteiger partial charge < -0.3 is 20.1 Å². The van der Waals surface area contributed by atoms with Crippen LogP contribution in [0.1, 0.15) is 0 Å². The third-order valence-electron chi connectivity index (χ3n) is 6.28. The van der Waals surface area contributed by atoms with Crippen molar-refractivity contribution < 1.29 is 4.39 Å². The Morgan fingerprint density at radius 2 is 1.76 bits per heavy atom. The van der Waals surface area contributed by atoms with Crippen LogP contribution in [0.5, 0.6) is 0 Å². The summed E-state index contributed by atoms with van der Waals surface area (Å²) in [6, 6.07) is 15.0. The van der Waals surface area contributed by atoms with Crippen LogP contribution in [0, 0.1) is 5.82 Å². The Balaban J connectivity index is 1.39. The molecule has 9 heteroatoms. The molecule has 0 atom stereocenters. The van der Waals surface area contributed by atoms with E-state index < -0.39 is 0 Å². The quantitative estimate of drug-likeness (QED) is 0.470. The molecule has 4 aliphatic rings. The normalized spacial score (nSPS) is 16.1. The Morgan fingerprint density at radius 1 is 0.941 bits per heavy atom. The van der Waals surface area contributed by atoms with Gasteiger partial charge in [-0.2, -0.15) is 4.98 Å². The van der Waals surface area contributed by atoms with Crippen molar-refractivity contribution in [3.8, 4) is 22.5 Å². The number of piperazine rings is 1. The average molecular weight is 476 g/mol. The molecule has 0 aromatic heterocycles. The van der Waals surface area contributed by atoms with Gasteiger partial charge in [0.25, 0.3) is 5.62 Å². The zero-order chi connectivity index (χ0) is 23.1. The van der Waals surface area contributed by atoms with E-state index in [2.05, 4.69) is 41.1 Å². The Hall–Kier alpha value is -3.49. The Kier molecular flexibility index (Phi) is 5.39. The largest absolute Gasteiger partial charge is 0.369 e. The van der Waals surface area contributed by atoms with Gasteiger partial charge in [-0.05, 0) is 42.0 Å². The van der Waals surface area contributed by atoms with Crippen LogP contribution in [0.15, 0.2) is 59.7 Å². The Bertz CT molecular complexity index is 1390. The molecule has 0 bridgehead atoms. The van der Waals surface area contributed by atoms with E-state index in [0.29, 0.717) is 5.02 Å². The molecule has 4 heterocycles. The van der Waals surface area contributed by atoms with E-state index in [9.17, 15) is 4.39 Å². The van der Waals surface area contributed by atoms with Crippen LogP contribution in [0.2, 0.25) is 5.02 Å². The minimum absolute atomic E-state index is 0.232. The van der Waals surface area contributed by atoms with Crippen LogP contribution in [0.25, 0.3) is 22.5 Å². The minimum Gasteiger partial charge on any atom is -0.369 e. The second-order valence-corrected chi connectivity index (χ2v) is 8.86. The van der Waals surface area contributed by atoms with Gasteiger partial charge in [0.2, 0.25) is 0 Å². The van der Waals surface area contributed by atoms with Crippen molar-refractivity contribution in [1.29, 1.82) is 0 Å². The molecule has 4 aliphatic heterocycles. The number of hydrogen-bond acceptors (Lipinski definition) is 6. The summed E-state index contributed by atoms with van der Waals surface area (Å²) in [5.74, 6) is 1.38. The number of rotatable bonds is 3. The molecule has 1 fully saturated rings. The molecule has 2 aromatic carbocycles. The van der Waals surface area contributed by atoms with Crippen molar-refractivity contribution in [3.05, 3.63) is 71.2 Å². The molecule has 0 amide bonds. The highest BCUT2D eigenvalue weighted by molar-refractivity contribution is 6.30. The number of fused-ring (bicyclic) bond motifs is 3. The summed E-state index contributed by atoms with van der Waals surface area (Å²) in [4.78, 5) is 15.7. The molecule has 0 spiro atoms. The maximum absolute atomic E-state index is 14.9. The lowest BCUT2D eigenvalue weighted by atomic mass is 10.0. The van der Waals surface area contributed by atoms with Gasteiger partial charge in [-0.1, -0.05) is 23.7 Å². The Morgan fingerprint density at radius 3 is 2.56 bits per heavy atom. The third-order valence-corrected chi connectivity index (χ3v) is 6.53. The smallest absolute Gasteiger partial charge is 0.251 e. The average Bonchev–Trinajstić information content (AvgIpc) is 3.36. The summed E-state index contributed by atoms with van der Waals surface area (Å²) in [7, 11) is 0. The SMILES string of the molecule is Fc1cc(N2CCNCC2)ccc1N=c1ncc2cc(-c3ccc(Cl)cc3)c3n(c-2n1)CCN3. The highest BCUT2D eigenvalue weighted by Gasteiger charge is 2.22. The molecule has 0 saturated carbocycles. The number of nitrogens with zero attached hydrogens (tertiary/aromatic N) is 5. The number of aromatic nitrogens is 3. The fraction of sp³-hybridized carbons (Fsp3) is 0.240. The first kappa shape index (κ1) is 21.1. The van der Waals surface area contributed by atoms with Crippen LogP contribution < -0.4 is 21.2 Å². The Labute approximate surface area is 201 Å². The van der Waals surface area contributed by atoms with E-state index in [-0.39, 0.29) is 17.1 Å². The highest BCUT2D eigenvalue weighted by atomic mass is 35.5. The zero-order valence-corrected chi connectivity index (χ0v) is 19.2. The molecule has 6 rings (SSSR count). The van der Waals surface area contributed by atoms with Gasteiger partial charge in [0.15, 0.2) is 5.82 Å². The van der Waals surface area contributed by atoms with E-state index >= 15 is 0 Å². The first-order valence-corrected chi connectivity index (χ1v) is 11.7. The topological polar surface area (TPSA) is 70.4 Å². The molecule has 7 nitrogen and oxygen atoms in total. The molecule has 0 radical (unpaired) electrons. The lowest BCUT2D eigenvalue weighted by Gasteiger charge is -2.29. The van der Waals surface area contributed by atoms with Gasteiger partial charge >= 0.3 is 0 Å². The summed E-state index contributed by atoms with van der Waals surface area (Å²) in [6.45, 7) is 5.09. The summed E-state index contributed by atoms with van der Waals surface area (Å²) >= 11 is 6.07. The molecule has 2 N–H and O–H groups in total.